The summed E-state index contributed by atoms with van der Waals surface area (Å²) >= 11 is 0. The molecule has 40 heavy (non-hydrogen) atoms. The van der Waals surface area contributed by atoms with Crippen LogP contribution in [-0.4, -0.2) is 19.9 Å². The van der Waals surface area contributed by atoms with Crippen molar-refractivity contribution >= 4 is 31.1 Å². The van der Waals surface area contributed by atoms with Crippen molar-refractivity contribution in [3.05, 3.63) is 103 Å². The van der Waals surface area contributed by atoms with E-state index in [-0.39, 0.29) is 0 Å². The van der Waals surface area contributed by atoms with Crippen LogP contribution < -0.4 is 25.4 Å². The molecule has 0 amide bonds. The van der Waals surface area contributed by atoms with Gasteiger partial charge in [-0.1, -0.05) is 105 Å². The molecule has 2 fully saturated rings. The molecule has 2 aliphatic rings. The highest BCUT2D eigenvalue weighted by Gasteiger charge is 2.37. The van der Waals surface area contributed by atoms with E-state index in [4.69, 9.17) is 9.47 Å². The summed E-state index contributed by atoms with van der Waals surface area (Å²) in [7, 11) is 2.37. The SMILES string of the molecule is COc1ccc[c]c1-c1c(OC)cccc1P(C1CCCC1)[P@](c1ccccc1)c1ccc(C2CCCC2)cc1. The van der Waals surface area contributed by atoms with Crippen LogP contribution in [0.1, 0.15) is 62.8 Å². The summed E-state index contributed by atoms with van der Waals surface area (Å²) in [6.45, 7) is 0. The van der Waals surface area contributed by atoms with Crippen LogP contribution in [0.25, 0.3) is 11.1 Å². The van der Waals surface area contributed by atoms with E-state index >= 15 is 0 Å². The first-order valence-electron chi connectivity index (χ1n) is 14.7. The van der Waals surface area contributed by atoms with Gasteiger partial charge in [-0.05, 0) is 92.2 Å². The third kappa shape index (κ3) is 5.59. The average molecular weight is 566 g/mol. The van der Waals surface area contributed by atoms with Crippen molar-refractivity contribution in [2.24, 2.45) is 0 Å². The molecule has 6 rings (SSSR count). The van der Waals surface area contributed by atoms with Crippen LogP contribution in [0, 0.1) is 6.07 Å². The van der Waals surface area contributed by atoms with Crippen molar-refractivity contribution in [2.45, 2.75) is 62.9 Å². The van der Waals surface area contributed by atoms with Gasteiger partial charge in [-0.3, -0.25) is 0 Å². The van der Waals surface area contributed by atoms with Crippen molar-refractivity contribution in [3.63, 3.8) is 0 Å². The van der Waals surface area contributed by atoms with Gasteiger partial charge >= 0.3 is 0 Å². The number of hydrogen-bond donors (Lipinski definition) is 0. The van der Waals surface area contributed by atoms with Gasteiger partial charge in [-0.2, -0.15) is 0 Å². The molecule has 1 radical (unpaired) electrons. The van der Waals surface area contributed by atoms with E-state index in [1.807, 2.05) is 18.2 Å². The van der Waals surface area contributed by atoms with Crippen molar-refractivity contribution in [3.8, 4) is 22.6 Å². The number of methoxy groups -OCH3 is 2. The second kappa shape index (κ2) is 12.9. The van der Waals surface area contributed by atoms with Crippen molar-refractivity contribution in [1.82, 2.24) is 0 Å². The van der Waals surface area contributed by atoms with Crippen molar-refractivity contribution in [1.29, 1.82) is 0 Å². The molecule has 4 aromatic carbocycles. The van der Waals surface area contributed by atoms with Gasteiger partial charge in [0.25, 0.3) is 0 Å². The Labute approximate surface area is 242 Å². The Morgan fingerprint density at radius 1 is 0.650 bits per heavy atom. The fourth-order valence-corrected chi connectivity index (χ4v) is 15.9. The highest BCUT2D eigenvalue weighted by Crippen LogP contribution is 2.72. The Balaban J connectivity index is 1.55. The summed E-state index contributed by atoms with van der Waals surface area (Å²) < 4.78 is 11.9. The van der Waals surface area contributed by atoms with Gasteiger partial charge in [0.2, 0.25) is 0 Å². The standard InChI is InChI=1S/C36H39O2P2/c1-37-33-20-11-10-19-32(33)36-34(38-2)21-12-22-35(36)40(30-17-8-9-18-30)39(29-15-4-3-5-16-29)31-25-23-28(24-26-31)27-13-6-7-14-27/h3-5,10-12,15-16,20-27,30H,6-9,13-14,17-18H2,1-2H3/t39-,40?/m1/s1. The van der Waals surface area contributed by atoms with E-state index in [1.165, 1.54) is 72.8 Å². The van der Waals surface area contributed by atoms with Gasteiger partial charge in [0.1, 0.15) is 11.5 Å². The molecule has 0 N–H and O–H groups in total. The first kappa shape index (κ1) is 27.5. The largest absolute Gasteiger partial charge is 0.496 e. The minimum atomic E-state index is -0.609. The number of benzene rings is 4. The van der Waals surface area contributed by atoms with Crippen LogP contribution in [0.5, 0.6) is 11.5 Å². The average Bonchev–Trinajstić information content (AvgIpc) is 3.76. The maximum absolute atomic E-state index is 6.06. The van der Waals surface area contributed by atoms with E-state index in [0.29, 0.717) is 5.66 Å². The maximum Gasteiger partial charge on any atom is 0.127 e. The van der Waals surface area contributed by atoms with E-state index in [1.54, 1.807) is 14.2 Å². The van der Waals surface area contributed by atoms with Crippen LogP contribution in [-0.2, 0) is 0 Å². The van der Waals surface area contributed by atoms with E-state index in [0.717, 1.165) is 28.5 Å². The molecule has 0 aromatic heterocycles. The molecule has 4 aromatic rings. The zero-order chi connectivity index (χ0) is 27.3. The van der Waals surface area contributed by atoms with Crippen LogP contribution in [0.4, 0.5) is 0 Å². The summed E-state index contributed by atoms with van der Waals surface area (Å²) in [4.78, 5) is 0. The van der Waals surface area contributed by atoms with E-state index < -0.39 is 15.2 Å². The predicted molar refractivity (Wildman–Crippen MR) is 173 cm³/mol. The summed E-state index contributed by atoms with van der Waals surface area (Å²) in [5, 5.41) is 4.40. The molecular formula is C36H39O2P2. The molecule has 2 atom stereocenters. The second-order valence-corrected chi connectivity index (χ2v) is 17.0. The zero-order valence-electron chi connectivity index (χ0n) is 23.7. The van der Waals surface area contributed by atoms with E-state index in [2.05, 4.69) is 78.9 Å². The fourth-order valence-electron chi connectivity index (χ4n) is 6.65. The molecule has 2 nitrogen and oxygen atoms in total. The molecule has 0 spiro atoms. The minimum Gasteiger partial charge on any atom is -0.496 e. The zero-order valence-corrected chi connectivity index (χ0v) is 25.5. The van der Waals surface area contributed by atoms with Crippen LogP contribution in [0.2, 0.25) is 0 Å². The lowest BCUT2D eigenvalue weighted by Gasteiger charge is -2.36. The quantitative estimate of drug-likeness (QED) is 0.189. The number of ether oxygens (including phenoxy) is 2. The lowest BCUT2D eigenvalue weighted by Crippen LogP contribution is -2.21. The molecule has 2 saturated carbocycles. The monoisotopic (exact) mass is 565 g/mol. The van der Waals surface area contributed by atoms with Gasteiger partial charge in [0.05, 0.1) is 14.2 Å². The highest BCUT2D eigenvalue weighted by molar-refractivity contribution is 8.39. The molecule has 205 valence electrons. The number of rotatable bonds is 9. The Morgan fingerprint density at radius 3 is 2.00 bits per heavy atom. The van der Waals surface area contributed by atoms with Crippen molar-refractivity contribution < 1.29 is 9.47 Å². The van der Waals surface area contributed by atoms with Gasteiger partial charge < -0.3 is 9.47 Å². The molecule has 4 heteroatoms. The summed E-state index contributed by atoms with van der Waals surface area (Å²) in [6.07, 6.45) is 10.6. The Bertz CT molecular complexity index is 1390. The molecule has 0 saturated heterocycles. The van der Waals surface area contributed by atoms with Gasteiger partial charge in [0, 0.05) is 11.1 Å². The molecule has 2 aliphatic carbocycles. The predicted octanol–water partition coefficient (Wildman–Crippen LogP) is 8.93. The third-order valence-electron chi connectivity index (χ3n) is 8.61. The molecule has 0 bridgehead atoms. The van der Waals surface area contributed by atoms with Gasteiger partial charge in [-0.25, -0.2) is 0 Å². The minimum absolute atomic E-state index is 0.567. The third-order valence-corrected chi connectivity index (χ3v) is 17.0. The second-order valence-electron chi connectivity index (χ2n) is 11.0. The maximum atomic E-state index is 6.06. The summed E-state index contributed by atoms with van der Waals surface area (Å²) in [6, 6.07) is 37.4. The Morgan fingerprint density at radius 2 is 1.30 bits per heavy atom. The molecule has 0 aliphatic heterocycles. The first-order valence-corrected chi connectivity index (χ1v) is 18.2. The van der Waals surface area contributed by atoms with Gasteiger partial charge in [-0.15, -0.1) is 0 Å². The summed E-state index contributed by atoms with van der Waals surface area (Å²) in [5.74, 6) is 2.49. The Kier molecular flexibility index (Phi) is 8.86. The topological polar surface area (TPSA) is 18.5 Å². The van der Waals surface area contributed by atoms with Crippen LogP contribution >= 0.6 is 15.2 Å². The number of hydrogen-bond acceptors (Lipinski definition) is 2. The lowest BCUT2D eigenvalue weighted by molar-refractivity contribution is 0.410. The molecular weight excluding hydrogens is 526 g/mol. The normalized spacial score (nSPS) is 17.6. The first-order chi connectivity index (χ1) is 19.8. The highest BCUT2D eigenvalue weighted by atomic mass is 32.1. The van der Waals surface area contributed by atoms with Crippen LogP contribution in [0.3, 0.4) is 0 Å². The fraction of sp³-hybridized carbons (Fsp3) is 0.333. The van der Waals surface area contributed by atoms with E-state index in [9.17, 15) is 0 Å². The summed E-state index contributed by atoms with van der Waals surface area (Å²) in [5.41, 5.74) is 4.37. The smallest absolute Gasteiger partial charge is 0.127 e. The molecule has 1 unspecified atom stereocenters. The van der Waals surface area contributed by atoms with Crippen LogP contribution in [0.15, 0.2) is 91.0 Å². The van der Waals surface area contributed by atoms with Crippen molar-refractivity contribution in [2.75, 3.05) is 14.2 Å². The lowest BCUT2D eigenvalue weighted by atomic mass is 9.98. The van der Waals surface area contributed by atoms with Gasteiger partial charge in [0.15, 0.2) is 0 Å². The molecule has 0 heterocycles. The Hall–Kier alpha value is -2.66.